The molecule has 2 heterocycles. The molecule has 0 atom stereocenters. The van der Waals surface area contributed by atoms with Crippen molar-refractivity contribution in [3.8, 4) is 5.75 Å². The van der Waals surface area contributed by atoms with Crippen molar-refractivity contribution < 1.29 is 14.3 Å². The molecule has 162 valence electrons. The van der Waals surface area contributed by atoms with Gasteiger partial charge in [0.1, 0.15) is 12.4 Å². The Bertz CT molecular complexity index is 960. The van der Waals surface area contributed by atoms with Crippen molar-refractivity contribution >= 4 is 23.1 Å². The summed E-state index contributed by atoms with van der Waals surface area (Å²) in [5.74, 6) is 1.24. The molecular weight excluding hydrogens is 390 g/mol. The first kappa shape index (κ1) is 21.1. The summed E-state index contributed by atoms with van der Waals surface area (Å²) in [4.78, 5) is 19.6. The van der Waals surface area contributed by atoms with Crippen LogP contribution in [0.3, 0.4) is 0 Å². The highest BCUT2D eigenvalue weighted by Crippen LogP contribution is 2.27. The molecule has 0 unspecified atom stereocenters. The van der Waals surface area contributed by atoms with Gasteiger partial charge in [-0.05, 0) is 61.8 Å². The molecule has 1 amide bonds. The third-order valence-electron chi connectivity index (χ3n) is 5.67. The van der Waals surface area contributed by atoms with Crippen LogP contribution in [0.15, 0.2) is 59.6 Å². The Morgan fingerprint density at radius 2 is 1.84 bits per heavy atom. The first-order chi connectivity index (χ1) is 15.2. The van der Waals surface area contributed by atoms with Gasteiger partial charge in [0.05, 0.1) is 13.7 Å². The van der Waals surface area contributed by atoms with E-state index in [0.717, 1.165) is 29.1 Å². The normalized spacial score (nSPS) is 16.4. The van der Waals surface area contributed by atoms with Crippen LogP contribution in [0.25, 0.3) is 5.57 Å². The van der Waals surface area contributed by atoms with Crippen LogP contribution in [0.1, 0.15) is 35.2 Å². The molecule has 1 N–H and O–H groups in total. The van der Waals surface area contributed by atoms with Crippen LogP contribution in [0, 0.1) is 0 Å². The van der Waals surface area contributed by atoms with E-state index in [-0.39, 0.29) is 5.91 Å². The van der Waals surface area contributed by atoms with Gasteiger partial charge in [-0.3, -0.25) is 9.69 Å². The molecule has 31 heavy (non-hydrogen) atoms. The summed E-state index contributed by atoms with van der Waals surface area (Å²) >= 11 is 0. The molecule has 4 rings (SSSR count). The monoisotopic (exact) mass is 419 g/mol. The number of piperidine rings is 1. The number of ether oxygens (including phenoxy) is 2. The molecular formula is C25H29N3O3. The number of nitrogens with zero attached hydrogens (tertiary/aromatic N) is 2. The maximum atomic E-state index is 12.8. The minimum absolute atomic E-state index is 0.154. The molecule has 2 aromatic carbocycles. The van der Waals surface area contributed by atoms with Crippen LogP contribution in [0.4, 0.5) is 5.69 Å². The van der Waals surface area contributed by atoms with E-state index < -0.39 is 0 Å². The third-order valence-corrected chi connectivity index (χ3v) is 5.67. The van der Waals surface area contributed by atoms with Crippen molar-refractivity contribution in [3.05, 3.63) is 65.7 Å². The Balaban J connectivity index is 1.34. The highest BCUT2D eigenvalue weighted by atomic mass is 16.5. The number of anilines is 1. The zero-order chi connectivity index (χ0) is 21.5. The first-order valence-electron chi connectivity index (χ1n) is 10.9. The summed E-state index contributed by atoms with van der Waals surface area (Å²) in [6.45, 7) is 4.49. The van der Waals surface area contributed by atoms with Crippen molar-refractivity contribution in [1.29, 1.82) is 0 Å². The SMILES string of the molecule is COC1=NCC(c2ccccc2NC(=O)c2ccc(OCCN3CCCCC3)cc2)=C1. The largest absolute Gasteiger partial charge is 0.492 e. The van der Waals surface area contributed by atoms with Crippen LogP contribution < -0.4 is 10.1 Å². The standard InChI is InChI=1S/C25H29N3O3/c1-30-24-17-20(18-26-24)22-7-3-4-8-23(22)27-25(29)19-9-11-21(12-10-19)31-16-15-28-13-5-2-6-14-28/h3-4,7-12,17H,2,5-6,13-16,18H2,1H3,(H,27,29). The van der Waals surface area contributed by atoms with E-state index in [0.29, 0.717) is 24.6 Å². The zero-order valence-electron chi connectivity index (χ0n) is 18.0. The summed E-state index contributed by atoms with van der Waals surface area (Å²) in [7, 11) is 1.60. The van der Waals surface area contributed by atoms with Crippen LogP contribution in [0.5, 0.6) is 5.75 Å². The number of methoxy groups -OCH3 is 1. The fraction of sp³-hybridized carbons (Fsp3) is 0.360. The third kappa shape index (κ3) is 5.52. The molecule has 0 saturated carbocycles. The predicted octanol–water partition coefficient (Wildman–Crippen LogP) is 4.25. The number of carbonyl (C=O) groups is 1. The fourth-order valence-electron chi connectivity index (χ4n) is 3.93. The summed E-state index contributed by atoms with van der Waals surface area (Å²) in [5.41, 5.74) is 3.31. The van der Waals surface area contributed by atoms with E-state index >= 15 is 0 Å². The lowest BCUT2D eigenvalue weighted by Gasteiger charge is -2.26. The quantitative estimate of drug-likeness (QED) is 0.729. The van der Waals surface area contributed by atoms with Gasteiger partial charge >= 0.3 is 0 Å². The van der Waals surface area contributed by atoms with E-state index in [2.05, 4.69) is 15.2 Å². The number of likely N-dealkylation sites (tertiary alicyclic amines) is 1. The molecule has 0 aromatic heterocycles. The van der Waals surface area contributed by atoms with Gasteiger partial charge in [-0.2, -0.15) is 0 Å². The number of hydrogen-bond donors (Lipinski definition) is 1. The highest BCUT2D eigenvalue weighted by molar-refractivity contribution is 6.07. The molecule has 2 aliphatic heterocycles. The Morgan fingerprint density at radius 1 is 1.06 bits per heavy atom. The molecule has 2 aromatic rings. The smallest absolute Gasteiger partial charge is 0.255 e. The average molecular weight is 420 g/mol. The van der Waals surface area contributed by atoms with E-state index in [1.807, 2.05) is 42.5 Å². The molecule has 6 heteroatoms. The highest BCUT2D eigenvalue weighted by Gasteiger charge is 2.16. The second-order valence-electron chi connectivity index (χ2n) is 7.80. The van der Waals surface area contributed by atoms with Gasteiger partial charge in [0, 0.05) is 29.4 Å². The number of aliphatic imine (C=N–C) groups is 1. The Kier molecular flexibility index (Phi) is 6.99. The number of nitrogens with one attached hydrogen (secondary N) is 1. The van der Waals surface area contributed by atoms with Crippen molar-refractivity contribution in [2.24, 2.45) is 4.99 Å². The Hall–Kier alpha value is -3.12. The van der Waals surface area contributed by atoms with E-state index in [1.54, 1.807) is 19.2 Å². The maximum absolute atomic E-state index is 12.8. The second-order valence-corrected chi connectivity index (χ2v) is 7.80. The number of carbonyl (C=O) groups excluding carboxylic acids is 1. The van der Waals surface area contributed by atoms with Crippen molar-refractivity contribution in [1.82, 2.24) is 4.90 Å². The van der Waals surface area contributed by atoms with Crippen LogP contribution in [0.2, 0.25) is 0 Å². The number of benzene rings is 2. The van der Waals surface area contributed by atoms with Gasteiger partial charge in [-0.15, -0.1) is 0 Å². The minimum atomic E-state index is -0.154. The molecule has 1 saturated heterocycles. The van der Waals surface area contributed by atoms with Gasteiger partial charge in [0.25, 0.3) is 5.91 Å². The van der Waals surface area contributed by atoms with Gasteiger partial charge in [-0.1, -0.05) is 24.6 Å². The topological polar surface area (TPSA) is 63.2 Å². The predicted molar refractivity (Wildman–Crippen MR) is 124 cm³/mol. The van der Waals surface area contributed by atoms with Crippen LogP contribution in [-0.4, -0.2) is 56.6 Å². The molecule has 2 aliphatic rings. The van der Waals surface area contributed by atoms with Gasteiger partial charge < -0.3 is 14.8 Å². The second kappa shape index (κ2) is 10.3. The molecule has 1 fully saturated rings. The minimum Gasteiger partial charge on any atom is -0.492 e. The first-order valence-corrected chi connectivity index (χ1v) is 10.9. The summed E-state index contributed by atoms with van der Waals surface area (Å²) in [6.07, 6.45) is 5.81. The molecule has 0 aliphatic carbocycles. The van der Waals surface area contributed by atoms with E-state index in [4.69, 9.17) is 9.47 Å². The van der Waals surface area contributed by atoms with Crippen LogP contribution in [-0.2, 0) is 4.74 Å². The lowest BCUT2D eigenvalue weighted by Crippen LogP contribution is -2.33. The maximum Gasteiger partial charge on any atom is 0.255 e. The Labute approximate surface area is 183 Å². The van der Waals surface area contributed by atoms with E-state index in [1.165, 1.54) is 32.4 Å². The van der Waals surface area contributed by atoms with Gasteiger partial charge in [0.2, 0.25) is 5.90 Å². The molecule has 0 radical (unpaired) electrons. The molecule has 0 spiro atoms. The van der Waals surface area contributed by atoms with Crippen LogP contribution >= 0.6 is 0 Å². The summed E-state index contributed by atoms with van der Waals surface area (Å²) < 4.78 is 11.1. The molecule has 6 nitrogen and oxygen atoms in total. The Morgan fingerprint density at radius 3 is 2.58 bits per heavy atom. The van der Waals surface area contributed by atoms with Crippen molar-refractivity contribution in [2.45, 2.75) is 19.3 Å². The average Bonchev–Trinajstić information content (AvgIpc) is 3.30. The van der Waals surface area contributed by atoms with Crippen molar-refractivity contribution in [3.63, 3.8) is 0 Å². The lowest BCUT2D eigenvalue weighted by atomic mass is 10.0. The summed E-state index contributed by atoms with van der Waals surface area (Å²) in [5, 5.41) is 3.02. The number of rotatable bonds is 7. The van der Waals surface area contributed by atoms with Crippen molar-refractivity contribution in [2.75, 3.05) is 45.2 Å². The van der Waals surface area contributed by atoms with Gasteiger partial charge in [0.15, 0.2) is 0 Å². The van der Waals surface area contributed by atoms with E-state index in [9.17, 15) is 4.79 Å². The molecule has 0 bridgehead atoms. The van der Waals surface area contributed by atoms with Gasteiger partial charge in [-0.25, -0.2) is 4.99 Å². The fourth-order valence-corrected chi connectivity index (χ4v) is 3.93. The number of para-hydroxylation sites is 1. The number of hydrogen-bond acceptors (Lipinski definition) is 5. The lowest BCUT2D eigenvalue weighted by molar-refractivity contribution is 0.102. The zero-order valence-corrected chi connectivity index (χ0v) is 18.0. The number of amides is 1. The summed E-state index contributed by atoms with van der Waals surface area (Å²) in [6, 6.07) is 15.1.